The van der Waals surface area contributed by atoms with Gasteiger partial charge >= 0.3 is 6.09 Å². The zero-order valence-electron chi connectivity index (χ0n) is 11.7. The smallest absolute Gasteiger partial charge is 0.410 e. The SMILES string of the molecule is N#C/C=C1/CC2CNCC1N2C(=O)OCc1ccccc1. The van der Waals surface area contributed by atoms with Crippen molar-refractivity contribution in [2.75, 3.05) is 13.1 Å². The first kappa shape index (κ1) is 13.7. The summed E-state index contributed by atoms with van der Waals surface area (Å²) in [7, 11) is 0. The van der Waals surface area contributed by atoms with Gasteiger partial charge in [-0.05, 0) is 17.6 Å². The van der Waals surface area contributed by atoms with Gasteiger partial charge in [-0.3, -0.25) is 4.90 Å². The molecular weight excluding hydrogens is 266 g/mol. The van der Waals surface area contributed by atoms with Crippen molar-refractivity contribution in [2.45, 2.75) is 25.1 Å². The van der Waals surface area contributed by atoms with Crippen LogP contribution in [-0.2, 0) is 11.3 Å². The third-order valence-electron chi connectivity index (χ3n) is 4.01. The molecule has 2 bridgehead atoms. The largest absolute Gasteiger partial charge is 0.445 e. The normalized spacial score (nSPS) is 25.7. The molecule has 5 nitrogen and oxygen atoms in total. The highest BCUT2D eigenvalue weighted by Crippen LogP contribution is 2.32. The summed E-state index contributed by atoms with van der Waals surface area (Å²) < 4.78 is 5.42. The van der Waals surface area contributed by atoms with Crippen molar-refractivity contribution < 1.29 is 9.53 Å². The van der Waals surface area contributed by atoms with Crippen LogP contribution < -0.4 is 5.32 Å². The second-order valence-corrected chi connectivity index (χ2v) is 5.33. The van der Waals surface area contributed by atoms with Crippen molar-refractivity contribution in [2.24, 2.45) is 0 Å². The number of hydrogen-bond donors (Lipinski definition) is 1. The molecule has 2 unspecified atom stereocenters. The highest BCUT2D eigenvalue weighted by atomic mass is 16.6. The van der Waals surface area contributed by atoms with Crippen molar-refractivity contribution in [3.05, 3.63) is 47.5 Å². The van der Waals surface area contributed by atoms with E-state index in [-0.39, 0.29) is 24.8 Å². The summed E-state index contributed by atoms with van der Waals surface area (Å²) >= 11 is 0. The van der Waals surface area contributed by atoms with Crippen LogP contribution in [0.15, 0.2) is 42.0 Å². The minimum atomic E-state index is -0.295. The van der Waals surface area contributed by atoms with Crippen molar-refractivity contribution in [1.29, 1.82) is 5.26 Å². The number of nitrogens with zero attached hydrogens (tertiary/aromatic N) is 2. The molecule has 1 amide bonds. The van der Waals surface area contributed by atoms with Crippen molar-refractivity contribution in [3.8, 4) is 6.07 Å². The van der Waals surface area contributed by atoms with Crippen LogP contribution in [0.2, 0.25) is 0 Å². The van der Waals surface area contributed by atoms with Crippen molar-refractivity contribution in [3.63, 3.8) is 0 Å². The average Bonchev–Trinajstić information content (AvgIpc) is 2.72. The lowest BCUT2D eigenvalue weighted by molar-refractivity contribution is 0.0715. The van der Waals surface area contributed by atoms with Gasteiger partial charge in [-0.25, -0.2) is 4.79 Å². The van der Waals surface area contributed by atoms with Crippen LogP contribution in [0.25, 0.3) is 0 Å². The zero-order valence-corrected chi connectivity index (χ0v) is 11.7. The number of hydrogen-bond acceptors (Lipinski definition) is 4. The number of piperazine rings is 1. The Balaban J connectivity index is 1.67. The Morgan fingerprint density at radius 2 is 2.24 bits per heavy atom. The summed E-state index contributed by atoms with van der Waals surface area (Å²) in [6, 6.07) is 11.7. The van der Waals surface area contributed by atoms with Gasteiger partial charge < -0.3 is 10.1 Å². The van der Waals surface area contributed by atoms with E-state index < -0.39 is 0 Å². The lowest BCUT2D eigenvalue weighted by Gasteiger charge is -2.34. The Hall–Kier alpha value is -2.32. The van der Waals surface area contributed by atoms with E-state index in [1.54, 1.807) is 11.0 Å². The van der Waals surface area contributed by atoms with Gasteiger partial charge in [-0.1, -0.05) is 30.3 Å². The predicted octanol–water partition coefficient (Wildman–Crippen LogP) is 1.82. The number of nitriles is 1. The molecule has 108 valence electrons. The van der Waals surface area contributed by atoms with Gasteiger partial charge in [0, 0.05) is 19.2 Å². The van der Waals surface area contributed by atoms with Crippen LogP contribution in [0.5, 0.6) is 0 Å². The monoisotopic (exact) mass is 283 g/mol. The molecule has 2 aliphatic heterocycles. The Morgan fingerprint density at radius 3 is 3.00 bits per heavy atom. The third kappa shape index (κ3) is 2.76. The van der Waals surface area contributed by atoms with E-state index in [1.165, 1.54) is 0 Å². The maximum absolute atomic E-state index is 12.3. The zero-order chi connectivity index (χ0) is 14.7. The van der Waals surface area contributed by atoms with E-state index >= 15 is 0 Å². The molecular formula is C16H17N3O2. The number of ether oxygens (including phenoxy) is 1. The molecule has 1 aromatic carbocycles. The third-order valence-corrected chi connectivity index (χ3v) is 4.01. The number of nitrogens with one attached hydrogen (secondary N) is 1. The quantitative estimate of drug-likeness (QED) is 0.841. The molecule has 3 rings (SSSR count). The summed E-state index contributed by atoms with van der Waals surface area (Å²) in [6.07, 6.45) is 2.03. The van der Waals surface area contributed by atoms with Crippen LogP contribution in [-0.4, -0.2) is 36.2 Å². The summed E-state index contributed by atoms with van der Waals surface area (Å²) in [5.41, 5.74) is 1.99. The maximum Gasteiger partial charge on any atom is 0.410 e. The number of amides is 1. The predicted molar refractivity (Wildman–Crippen MR) is 77.2 cm³/mol. The summed E-state index contributed by atoms with van der Waals surface area (Å²) in [6.45, 7) is 1.71. The molecule has 0 aliphatic carbocycles. The standard InChI is InChI=1S/C16H17N3O2/c17-7-6-13-8-14-9-18-10-15(13)19(14)16(20)21-11-12-4-2-1-3-5-12/h1-6,14-15,18H,8-11H2/b13-6-. The lowest BCUT2D eigenvalue weighted by Crippen LogP contribution is -2.54. The Labute approximate surface area is 123 Å². The highest BCUT2D eigenvalue weighted by molar-refractivity contribution is 5.70. The lowest BCUT2D eigenvalue weighted by atomic mass is 10.1. The van der Waals surface area contributed by atoms with E-state index in [2.05, 4.69) is 11.4 Å². The van der Waals surface area contributed by atoms with E-state index in [1.807, 2.05) is 30.3 Å². The van der Waals surface area contributed by atoms with Gasteiger partial charge in [0.05, 0.1) is 18.2 Å². The van der Waals surface area contributed by atoms with E-state index in [0.717, 1.165) is 24.1 Å². The number of benzene rings is 1. The number of fused-ring (bicyclic) bond motifs is 2. The first-order chi connectivity index (χ1) is 10.3. The first-order valence-corrected chi connectivity index (χ1v) is 7.08. The average molecular weight is 283 g/mol. The van der Waals surface area contributed by atoms with E-state index in [9.17, 15) is 4.79 Å². The Morgan fingerprint density at radius 1 is 1.43 bits per heavy atom. The fraction of sp³-hybridized carbons (Fsp3) is 0.375. The fourth-order valence-corrected chi connectivity index (χ4v) is 3.03. The van der Waals surface area contributed by atoms with Gasteiger partial charge in [0.15, 0.2) is 0 Å². The number of carbonyl (C=O) groups is 1. The van der Waals surface area contributed by atoms with Gasteiger partial charge in [0.2, 0.25) is 0 Å². The second kappa shape index (κ2) is 5.98. The summed E-state index contributed by atoms with van der Waals surface area (Å²) in [5.74, 6) is 0. The van der Waals surface area contributed by atoms with Gasteiger partial charge in [0.25, 0.3) is 0 Å². The Bertz CT molecular complexity index is 591. The molecule has 2 atom stereocenters. The van der Waals surface area contributed by atoms with Gasteiger partial charge in [-0.15, -0.1) is 0 Å². The van der Waals surface area contributed by atoms with Crippen LogP contribution in [0, 0.1) is 11.3 Å². The first-order valence-electron chi connectivity index (χ1n) is 7.08. The molecule has 5 heteroatoms. The van der Waals surface area contributed by atoms with Gasteiger partial charge in [0.1, 0.15) is 6.61 Å². The van der Waals surface area contributed by atoms with Crippen LogP contribution in [0.4, 0.5) is 4.79 Å². The minimum absolute atomic E-state index is 0.0494. The van der Waals surface area contributed by atoms with Crippen LogP contribution in [0.1, 0.15) is 12.0 Å². The molecule has 2 heterocycles. The minimum Gasteiger partial charge on any atom is -0.445 e. The molecule has 0 saturated carbocycles. The number of allylic oxidation sites excluding steroid dienone is 1. The maximum atomic E-state index is 12.3. The highest BCUT2D eigenvalue weighted by Gasteiger charge is 2.43. The molecule has 1 aromatic rings. The van der Waals surface area contributed by atoms with Crippen LogP contribution >= 0.6 is 0 Å². The molecule has 0 radical (unpaired) electrons. The topological polar surface area (TPSA) is 65.4 Å². The van der Waals surface area contributed by atoms with Crippen molar-refractivity contribution in [1.82, 2.24) is 10.2 Å². The molecule has 0 spiro atoms. The van der Waals surface area contributed by atoms with E-state index in [4.69, 9.17) is 10.00 Å². The second-order valence-electron chi connectivity index (χ2n) is 5.33. The molecule has 0 aromatic heterocycles. The van der Waals surface area contributed by atoms with Gasteiger partial charge in [-0.2, -0.15) is 5.26 Å². The summed E-state index contributed by atoms with van der Waals surface area (Å²) in [4.78, 5) is 14.1. The molecule has 2 saturated heterocycles. The van der Waals surface area contributed by atoms with Crippen LogP contribution in [0.3, 0.4) is 0 Å². The summed E-state index contributed by atoms with van der Waals surface area (Å²) in [5, 5.41) is 12.1. The molecule has 21 heavy (non-hydrogen) atoms. The van der Waals surface area contributed by atoms with Crippen molar-refractivity contribution >= 4 is 6.09 Å². The number of rotatable bonds is 2. The number of carbonyl (C=O) groups excluding carboxylic acids is 1. The molecule has 2 aliphatic rings. The fourth-order valence-electron chi connectivity index (χ4n) is 3.03. The van der Waals surface area contributed by atoms with E-state index in [0.29, 0.717) is 6.54 Å². The molecule has 1 N–H and O–H groups in total. The Kier molecular flexibility index (Phi) is 3.89. The molecule has 2 fully saturated rings.